The van der Waals surface area contributed by atoms with Gasteiger partial charge in [0.2, 0.25) is 0 Å². The Morgan fingerprint density at radius 3 is 2.81 bits per heavy atom. The van der Waals surface area contributed by atoms with Crippen LogP contribution in [0.4, 0.5) is 0 Å². The molecule has 0 spiro atoms. The maximum atomic E-state index is 11.0. The SMILES string of the molecule is CN1CCN(CCC/C=C\Cc2sccc2C(=O)O)CC1. The van der Waals surface area contributed by atoms with Gasteiger partial charge in [0, 0.05) is 37.5 Å². The average molecular weight is 308 g/mol. The molecule has 1 aliphatic heterocycles. The molecule has 0 bridgehead atoms. The third-order valence-corrected chi connectivity index (χ3v) is 4.83. The number of allylic oxidation sites excluding steroid dienone is 2. The maximum absolute atomic E-state index is 11.0. The second-order valence-corrected chi connectivity index (χ2v) is 6.53. The molecule has 1 aromatic rings. The van der Waals surface area contributed by atoms with Crippen LogP contribution in [-0.4, -0.2) is 60.6 Å². The lowest BCUT2D eigenvalue weighted by Crippen LogP contribution is -2.44. The summed E-state index contributed by atoms with van der Waals surface area (Å²) in [5.41, 5.74) is 0.446. The van der Waals surface area contributed by atoms with Gasteiger partial charge in [0.05, 0.1) is 5.56 Å². The van der Waals surface area contributed by atoms with Gasteiger partial charge >= 0.3 is 5.97 Å². The second-order valence-electron chi connectivity index (χ2n) is 5.53. The van der Waals surface area contributed by atoms with E-state index in [1.807, 2.05) is 5.38 Å². The summed E-state index contributed by atoms with van der Waals surface area (Å²) < 4.78 is 0. The van der Waals surface area contributed by atoms with Gasteiger partial charge in [0.15, 0.2) is 0 Å². The van der Waals surface area contributed by atoms with Crippen LogP contribution < -0.4 is 0 Å². The van der Waals surface area contributed by atoms with E-state index in [9.17, 15) is 4.79 Å². The Balaban J connectivity index is 1.62. The molecule has 116 valence electrons. The summed E-state index contributed by atoms with van der Waals surface area (Å²) in [5.74, 6) is -0.824. The van der Waals surface area contributed by atoms with Gasteiger partial charge in [-0.15, -0.1) is 11.3 Å². The smallest absolute Gasteiger partial charge is 0.336 e. The highest BCUT2D eigenvalue weighted by Crippen LogP contribution is 2.17. The summed E-state index contributed by atoms with van der Waals surface area (Å²) in [5, 5.41) is 10.9. The Bertz CT molecular complexity index is 476. The first-order valence-electron chi connectivity index (χ1n) is 7.52. The van der Waals surface area contributed by atoms with Crippen molar-refractivity contribution in [3.63, 3.8) is 0 Å². The molecule has 2 heterocycles. The number of likely N-dealkylation sites (N-methyl/N-ethyl adjacent to an activating group) is 1. The first kappa shape index (κ1) is 16.2. The molecular formula is C16H24N2O2S. The van der Waals surface area contributed by atoms with Gasteiger partial charge in [-0.25, -0.2) is 4.79 Å². The number of nitrogens with zero attached hydrogens (tertiary/aromatic N) is 2. The summed E-state index contributed by atoms with van der Waals surface area (Å²) in [6, 6.07) is 1.68. The zero-order valence-electron chi connectivity index (χ0n) is 12.6. The number of carboxylic acids is 1. The van der Waals surface area contributed by atoms with Gasteiger partial charge in [-0.1, -0.05) is 12.2 Å². The van der Waals surface area contributed by atoms with Crippen molar-refractivity contribution in [2.75, 3.05) is 39.8 Å². The third-order valence-electron chi connectivity index (χ3n) is 3.89. The highest BCUT2D eigenvalue weighted by atomic mass is 32.1. The number of hydrogen-bond acceptors (Lipinski definition) is 4. The molecule has 5 heteroatoms. The van der Waals surface area contributed by atoms with E-state index in [1.54, 1.807) is 6.07 Å². The normalized spacial score (nSPS) is 17.6. The van der Waals surface area contributed by atoms with E-state index in [0.717, 1.165) is 24.3 Å². The monoisotopic (exact) mass is 308 g/mol. The molecule has 0 aromatic carbocycles. The van der Waals surface area contributed by atoms with Gasteiger partial charge in [-0.05, 0) is 37.9 Å². The van der Waals surface area contributed by atoms with Gasteiger partial charge in [0.1, 0.15) is 0 Å². The number of thiophene rings is 1. The number of hydrogen-bond donors (Lipinski definition) is 1. The molecule has 21 heavy (non-hydrogen) atoms. The number of carboxylic acid groups (broad SMARTS) is 1. The Kier molecular flexibility index (Phi) is 6.42. The van der Waals surface area contributed by atoms with Crippen LogP contribution in [0.5, 0.6) is 0 Å². The molecule has 0 radical (unpaired) electrons. The van der Waals surface area contributed by atoms with Crippen LogP contribution in [0, 0.1) is 0 Å². The fourth-order valence-corrected chi connectivity index (χ4v) is 3.34. The molecule has 0 atom stereocenters. The molecule has 1 aromatic heterocycles. The van der Waals surface area contributed by atoms with Crippen LogP contribution >= 0.6 is 11.3 Å². The first-order valence-corrected chi connectivity index (χ1v) is 8.40. The lowest BCUT2D eigenvalue weighted by atomic mass is 10.2. The minimum Gasteiger partial charge on any atom is -0.478 e. The highest BCUT2D eigenvalue weighted by molar-refractivity contribution is 7.10. The molecule has 2 rings (SSSR count). The van der Waals surface area contributed by atoms with Gasteiger partial charge < -0.3 is 14.9 Å². The predicted octanol–water partition coefficient (Wildman–Crippen LogP) is 2.57. The molecule has 0 amide bonds. The van der Waals surface area contributed by atoms with Crippen molar-refractivity contribution < 1.29 is 9.90 Å². The number of carbonyl (C=O) groups is 1. The van der Waals surface area contributed by atoms with Crippen molar-refractivity contribution in [1.82, 2.24) is 9.80 Å². The average Bonchev–Trinajstić information content (AvgIpc) is 2.93. The van der Waals surface area contributed by atoms with Crippen LogP contribution in [0.3, 0.4) is 0 Å². The molecule has 0 unspecified atom stereocenters. The molecule has 1 aliphatic rings. The van der Waals surface area contributed by atoms with E-state index in [1.165, 1.54) is 43.9 Å². The van der Waals surface area contributed by atoms with Crippen molar-refractivity contribution >= 4 is 17.3 Å². The van der Waals surface area contributed by atoms with Crippen LogP contribution in [0.1, 0.15) is 28.1 Å². The zero-order chi connectivity index (χ0) is 15.1. The van der Waals surface area contributed by atoms with Crippen LogP contribution in [0.2, 0.25) is 0 Å². The Morgan fingerprint density at radius 2 is 2.10 bits per heavy atom. The lowest BCUT2D eigenvalue weighted by molar-refractivity contribution is 0.0696. The van der Waals surface area contributed by atoms with Gasteiger partial charge in [-0.2, -0.15) is 0 Å². The molecule has 0 saturated carbocycles. The fraction of sp³-hybridized carbons (Fsp3) is 0.562. The summed E-state index contributed by atoms with van der Waals surface area (Å²) >= 11 is 1.52. The zero-order valence-corrected chi connectivity index (χ0v) is 13.4. The predicted molar refractivity (Wildman–Crippen MR) is 87.3 cm³/mol. The molecule has 1 fully saturated rings. The van der Waals surface area contributed by atoms with Crippen LogP contribution in [0.25, 0.3) is 0 Å². The molecule has 4 nitrogen and oxygen atoms in total. The molecular weight excluding hydrogens is 284 g/mol. The van der Waals surface area contributed by atoms with E-state index in [-0.39, 0.29) is 0 Å². The van der Waals surface area contributed by atoms with E-state index < -0.39 is 5.97 Å². The van der Waals surface area contributed by atoms with Gasteiger partial charge in [-0.3, -0.25) is 0 Å². The number of unbranched alkanes of at least 4 members (excludes halogenated alkanes) is 1. The van der Waals surface area contributed by atoms with Crippen molar-refractivity contribution in [3.05, 3.63) is 34.0 Å². The van der Waals surface area contributed by atoms with Crippen LogP contribution in [0.15, 0.2) is 23.6 Å². The maximum Gasteiger partial charge on any atom is 0.336 e. The summed E-state index contributed by atoms with van der Waals surface area (Å²) in [6.07, 6.45) is 7.26. The number of piperazine rings is 1. The minimum atomic E-state index is -0.824. The van der Waals surface area contributed by atoms with Gasteiger partial charge in [0.25, 0.3) is 0 Å². The Labute approximate surface area is 130 Å². The molecule has 1 N–H and O–H groups in total. The van der Waals surface area contributed by atoms with E-state index in [4.69, 9.17) is 5.11 Å². The number of aromatic carboxylic acids is 1. The fourth-order valence-electron chi connectivity index (χ4n) is 2.50. The topological polar surface area (TPSA) is 43.8 Å². The second kappa shape index (κ2) is 8.32. The van der Waals surface area contributed by atoms with E-state index >= 15 is 0 Å². The quantitative estimate of drug-likeness (QED) is 0.621. The third kappa shape index (κ3) is 5.26. The summed E-state index contributed by atoms with van der Waals surface area (Å²) in [7, 11) is 2.18. The number of rotatable bonds is 7. The minimum absolute atomic E-state index is 0.446. The molecule has 0 aliphatic carbocycles. The highest BCUT2D eigenvalue weighted by Gasteiger charge is 2.12. The summed E-state index contributed by atoms with van der Waals surface area (Å²) in [4.78, 5) is 16.8. The van der Waals surface area contributed by atoms with Crippen molar-refractivity contribution in [2.45, 2.75) is 19.3 Å². The molecule has 1 saturated heterocycles. The lowest BCUT2D eigenvalue weighted by Gasteiger charge is -2.32. The Hall–Kier alpha value is -1.17. The van der Waals surface area contributed by atoms with Crippen molar-refractivity contribution in [2.24, 2.45) is 0 Å². The van der Waals surface area contributed by atoms with Crippen molar-refractivity contribution in [1.29, 1.82) is 0 Å². The van der Waals surface area contributed by atoms with Crippen LogP contribution in [-0.2, 0) is 6.42 Å². The van der Waals surface area contributed by atoms with Crippen molar-refractivity contribution in [3.8, 4) is 0 Å². The standard InChI is InChI=1S/C16H24N2O2S/c1-17-9-11-18(12-10-17)8-5-3-2-4-6-15-14(16(19)20)7-13-21-15/h2,4,7,13H,3,5-6,8-12H2,1H3,(H,19,20)/b4-2-. The van der Waals surface area contributed by atoms with E-state index in [2.05, 4.69) is 29.0 Å². The summed E-state index contributed by atoms with van der Waals surface area (Å²) in [6.45, 7) is 5.87. The van der Waals surface area contributed by atoms with E-state index in [0.29, 0.717) is 5.56 Å². The first-order chi connectivity index (χ1) is 10.2. The largest absolute Gasteiger partial charge is 0.478 e. The Morgan fingerprint density at radius 1 is 1.33 bits per heavy atom.